The molecule has 1 aliphatic rings. The highest BCUT2D eigenvalue weighted by Gasteiger charge is 2.34. The third-order valence-electron chi connectivity index (χ3n) is 6.13. The first-order chi connectivity index (χ1) is 16.0. The fourth-order valence-corrected chi connectivity index (χ4v) is 5.13. The van der Waals surface area contributed by atoms with E-state index >= 15 is 0 Å². The normalized spacial score (nSPS) is 15.1. The van der Waals surface area contributed by atoms with Gasteiger partial charge in [-0.1, -0.05) is 43.5 Å². The van der Waals surface area contributed by atoms with Gasteiger partial charge in [-0.05, 0) is 77.5 Å². The predicted octanol–water partition coefficient (Wildman–Crippen LogP) is 5.96. The lowest BCUT2D eigenvalue weighted by Gasteiger charge is -2.33. The Morgan fingerprint density at radius 3 is 2.52 bits per heavy atom. The average Bonchev–Trinajstić information content (AvgIpc) is 3.31. The summed E-state index contributed by atoms with van der Waals surface area (Å²) in [7, 11) is 0. The van der Waals surface area contributed by atoms with Crippen molar-refractivity contribution < 1.29 is 14.0 Å². The van der Waals surface area contributed by atoms with E-state index in [1.54, 1.807) is 17.0 Å². The number of hydrogen-bond acceptors (Lipinski definition) is 3. The van der Waals surface area contributed by atoms with Crippen LogP contribution in [0.1, 0.15) is 54.8 Å². The van der Waals surface area contributed by atoms with E-state index in [1.165, 1.54) is 29.9 Å². The maximum Gasteiger partial charge on any atom is 0.248 e. The standard InChI is InChI=1S/C27H29FN2O2S/c1-19-6-5-9-24(16-19)30(25(31)17-20-14-15-33-18-20)26(21-10-12-22(28)13-11-21)27(32)29-23-7-3-2-4-8-23/h5-6,9-16,18,23,26H,2-4,7-8,17H2,1H3,(H,29,32)/t26-/m1/s1. The lowest BCUT2D eigenvalue weighted by molar-refractivity contribution is -0.127. The summed E-state index contributed by atoms with van der Waals surface area (Å²) in [6.07, 6.45) is 5.42. The smallest absolute Gasteiger partial charge is 0.248 e. The van der Waals surface area contributed by atoms with Crippen molar-refractivity contribution in [3.8, 4) is 0 Å². The molecule has 0 aliphatic heterocycles. The molecule has 2 amide bonds. The SMILES string of the molecule is Cc1cccc(N(C(=O)Cc2ccsc2)[C@@H](C(=O)NC2CCCCC2)c2ccc(F)cc2)c1. The number of halogens is 1. The van der Waals surface area contributed by atoms with Gasteiger partial charge in [0.15, 0.2) is 0 Å². The van der Waals surface area contributed by atoms with Gasteiger partial charge in [0.05, 0.1) is 6.42 Å². The lowest BCUT2D eigenvalue weighted by atomic mass is 9.94. The quantitative estimate of drug-likeness (QED) is 0.469. The van der Waals surface area contributed by atoms with Crippen molar-refractivity contribution >= 4 is 28.8 Å². The average molecular weight is 465 g/mol. The van der Waals surface area contributed by atoms with Gasteiger partial charge in [-0.25, -0.2) is 4.39 Å². The molecule has 0 spiro atoms. The lowest BCUT2D eigenvalue weighted by Crippen LogP contribution is -2.47. The van der Waals surface area contributed by atoms with Crippen molar-refractivity contribution in [1.82, 2.24) is 5.32 Å². The summed E-state index contributed by atoms with van der Waals surface area (Å²) in [4.78, 5) is 29.0. The van der Waals surface area contributed by atoms with Crippen LogP contribution < -0.4 is 10.2 Å². The minimum Gasteiger partial charge on any atom is -0.351 e. The van der Waals surface area contributed by atoms with Crippen molar-refractivity contribution in [3.05, 3.63) is 87.9 Å². The highest BCUT2D eigenvalue weighted by molar-refractivity contribution is 7.08. The molecule has 4 nitrogen and oxygen atoms in total. The number of nitrogens with zero attached hydrogens (tertiary/aromatic N) is 1. The van der Waals surface area contributed by atoms with Crippen molar-refractivity contribution in [2.24, 2.45) is 0 Å². The number of amides is 2. The van der Waals surface area contributed by atoms with Crippen molar-refractivity contribution in [2.75, 3.05) is 4.90 Å². The monoisotopic (exact) mass is 464 g/mol. The van der Waals surface area contributed by atoms with Crippen LogP contribution in [-0.2, 0) is 16.0 Å². The first-order valence-corrected chi connectivity index (χ1v) is 12.4. The molecule has 0 bridgehead atoms. The fourth-order valence-electron chi connectivity index (χ4n) is 4.46. The van der Waals surface area contributed by atoms with E-state index < -0.39 is 6.04 Å². The Morgan fingerprint density at radius 1 is 1.09 bits per heavy atom. The predicted molar refractivity (Wildman–Crippen MR) is 131 cm³/mol. The van der Waals surface area contributed by atoms with Gasteiger partial charge in [-0.15, -0.1) is 0 Å². The summed E-state index contributed by atoms with van der Waals surface area (Å²) in [5, 5.41) is 7.07. The van der Waals surface area contributed by atoms with Gasteiger partial charge in [0, 0.05) is 11.7 Å². The molecule has 1 fully saturated rings. The Bertz CT molecular complexity index is 1080. The molecule has 33 heavy (non-hydrogen) atoms. The molecule has 4 rings (SSSR count). The Balaban J connectivity index is 1.74. The molecule has 1 N–H and O–H groups in total. The number of rotatable bonds is 7. The maximum absolute atomic E-state index is 13.7. The van der Waals surface area contributed by atoms with Gasteiger partial charge in [0.2, 0.25) is 11.8 Å². The van der Waals surface area contributed by atoms with E-state index in [9.17, 15) is 14.0 Å². The van der Waals surface area contributed by atoms with E-state index in [2.05, 4.69) is 5.32 Å². The molecule has 1 atom stereocenters. The Morgan fingerprint density at radius 2 is 1.85 bits per heavy atom. The molecule has 2 aromatic carbocycles. The molecule has 1 aromatic heterocycles. The van der Waals surface area contributed by atoms with E-state index in [0.29, 0.717) is 11.3 Å². The Labute approximate surface area is 198 Å². The van der Waals surface area contributed by atoms with Crippen LogP contribution in [0, 0.1) is 12.7 Å². The van der Waals surface area contributed by atoms with Crippen LogP contribution in [0.5, 0.6) is 0 Å². The van der Waals surface area contributed by atoms with Gasteiger partial charge >= 0.3 is 0 Å². The number of thiophene rings is 1. The van der Waals surface area contributed by atoms with Crippen molar-refractivity contribution in [2.45, 2.75) is 57.5 Å². The van der Waals surface area contributed by atoms with Crippen LogP contribution in [0.4, 0.5) is 10.1 Å². The third kappa shape index (κ3) is 5.88. The summed E-state index contributed by atoms with van der Waals surface area (Å²) in [6, 6.07) is 14.6. The highest BCUT2D eigenvalue weighted by Crippen LogP contribution is 2.31. The van der Waals surface area contributed by atoms with Gasteiger partial charge < -0.3 is 5.32 Å². The first kappa shape index (κ1) is 23.2. The topological polar surface area (TPSA) is 49.4 Å². The van der Waals surface area contributed by atoms with Crippen LogP contribution in [0.3, 0.4) is 0 Å². The highest BCUT2D eigenvalue weighted by atomic mass is 32.1. The Kier molecular flexibility index (Phi) is 7.55. The molecule has 3 aromatic rings. The largest absolute Gasteiger partial charge is 0.351 e. The van der Waals surface area contributed by atoms with Crippen LogP contribution in [-0.4, -0.2) is 17.9 Å². The number of aryl methyl sites for hydroxylation is 1. The van der Waals surface area contributed by atoms with E-state index in [-0.39, 0.29) is 30.1 Å². The summed E-state index contributed by atoms with van der Waals surface area (Å²) in [5.74, 6) is -0.780. The van der Waals surface area contributed by atoms with Crippen molar-refractivity contribution in [3.63, 3.8) is 0 Å². The van der Waals surface area contributed by atoms with E-state index in [0.717, 1.165) is 36.8 Å². The number of hydrogen-bond donors (Lipinski definition) is 1. The zero-order chi connectivity index (χ0) is 23.2. The molecule has 1 aliphatic carbocycles. The molecular formula is C27H29FN2O2S. The van der Waals surface area contributed by atoms with Gasteiger partial charge in [0.25, 0.3) is 0 Å². The first-order valence-electron chi connectivity index (χ1n) is 11.5. The van der Waals surface area contributed by atoms with E-state index in [1.807, 2.05) is 48.0 Å². The van der Waals surface area contributed by atoms with E-state index in [4.69, 9.17) is 0 Å². The number of carbonyl (C=O) groups is 2. The Hall–Kier alpha value is -2.99. The van der Waals surface area contributed by atoms with Crippen LogP contribution in [0.15, 0.2) is 65.4 Å². The number of benzene rings is 2. The minimum atomic E-state index is -0.888. The molecule has 0 unspecified atom stereocenters. The van der Waals surface area contributed by atoms with Gasteiger partial charge in [0.1, 0.15) is 11.9 Å². The summed E-state index contributed by atoms with van der Waals surface area (Å²) < 4.78 is 13.7. The second-order valence-corrected chi connectivity index (χ2v) is 9.49. The molecule has 0 radical (unpaired) electrons. The number of carbonyl (C=O) groups excluding carboxylic acids is 2. The summed E-state index contributed by atoms with van der Waals surface area (Å²) in [5.41, 5.74) is 3.15. The molecule has 0 saturated heterocycles. The zero-order valence-electron chi connectivity index (χ0n) is 18.8. The number of anilines is 1. The maximum atomic E-state index is 13.7. The summed E-state index contributed by atoms with van der Waals surface area (Å²) in [6.45, 7) is 1.96. The third-order valence-corrected chi connectivity index (χ3v) is 6.86. The van der Waals surface area contributed by atoms with Gasteiger partial charge in [-0.3, -0.25) is 14.5 Å². The summed E-state index contributed by atoms with van der Waals surface area (Å²) >= 11 is 1.54. The zero-order valence-corrected chi connectivity index (χ0v) is 19.6. The second kappa shape index (κ2) is 10.8. The fraction of sp³-hybridized carbons (Fsp3) is 0.333. The van der Waals surface area contributed by atoms with Gasteiger partial charge in [-0.2, -0.15) is 11.3 Å². The van der Waals surface area contributed by atoms with Crippen LogP contribution >= 0.6 is 11.3 Å². The molecular weight excluding hydrogens is 435 g/mol. The van der Waals surface area contributed by atoms with Crippen LogP contribution in [0.2, 0.25) is 0 Å². The second-order valence-electron chi connectivity index (χ2n) is 8.71. The van der Waals surface area contributed by atoms with Crippen molar-refractivity contribution in [1.29, 1.82) is 0 Å². The minimum absolute atomic E-state index is 0.0977. The molecule has 1 heterocycles. The van der Waals surface area contributed by atoms with Crippen LogP contribution in [0.25, 0.3) is 0 Å². The molecule has 1 saturated carbocycles. The molecule has 6 heteroatoms. The molecule has 172 valence electrons. The number of nitrogens with one attached hydrogen (secondary N) is 1.